The Hall–Kier alpha value is -2.48. The molecule has 2 aromatic carbocycles. The number of halogens is 1. The number of carbonyl (C=O) groups excluding carboxylic acids is 1. The Kier molecular flexibility index (Phi) is 5.20. The second-order valence-corrected chi connectivity index (χ2v) is 10.4. The molecule has 5 rings (SSSR count). The van der Waals surface area contributed by atoms with Gasteiger partial charge in [-0.1, -0.05) is 11.6 Å². The van der Waals surface area contributed by atoms with E-state index in [4.69, 9.17) is 16.6 Å². The lowest BCUT2D eigenvalue weighted by Crippen LogP contribution is -2.27. The van der Waals surface area contributed by atoms with Gasteiger partial charge in [-0.25, -0.2) is 8.42 Å². The normalized spacial score (nSPS) is 16.5. The van der Waals surface area contributed by atoms with Gasteiger partial charge in [0.25, 0.3) is 5.91 Å². The fourth-order valence-electron chi connectivity index (χ4n) is 4.48. The zero-order valence-electron chi connectivity index (χ0n) is 16.9. The van der Waals surface area contributed by atoms with Gasteiger partial charge in [-0.05, 0) is 80.1 Å². The summed E-state index contributed by atoms with van der Waals surface area (Å²) >= 11 is 6.20. The van der Waals surface area contributed by atoms with E-state index in [-0.39, 0.29) is 10.8 Å². The molecule has 0 unspecified atom stereocenters. The minimum absolute atomic E-state index is 0.233. The molecule has 3 aromatic rings. The number of amides is 1. The molecule has 31 heavy (non-hydrogen) atoms. The van der Waals surface area contributed by atoms with Crippen molar-refractivity contribution in [2.24, 2.45) is 0 Å². The molecule has 0 bridgehead atoms. The summed E-state index contributed by atoms with van der Waals surface area (Å²) in [5.74, 6) is -0.233. The van der Waals surface area contributed by atoms with E-state index in [1.165, 1.54) is 4.31 Å². The number of aryl methyl sites for hydroxylation is 1. The van der Waals surface area contributed by atoms with Crippen molar-refractivity contribution in [1.82, 2.24) is 9.29 Å². The van der Waals surface area contributed by atoms with Gasteiger partial charge in [0.15, 0.2) is 0 Å². The molecule has 1 aliphatic heterocycles. The molecular weight excluding hydrogens is 434 g/mol. The van der Waals surface area contributed by atoms with E-state index in [1.807, 2.05) is 6.07 Å². The number of sulfonamides is 1. The smallest absolute Gasteiger partial charge is 0.256 e. The molecule has 1 aromatic heterocycles. The van der Waals surface area contributed by atoms with Crippen molar-refractivity contribution in [3.63, 3.8) is 0 Å². The van der Waals surface area contributed by atoms with Crippen LogP contribution in [-0.2, 0) is 22.9 Å². The summed E-state index contributed by atoms with van der Waals surface area (Å²) in [6, 6.07) is 11.8. The molecule has 0 spiro atoms. The first kappa shape index (κ1) is 20.4. The number of anilines is 1. The van der Waals surface area contributed by atoms with Crippen LogP contribution in [0, 0.1) is 0 Å². The van der Waals surface area contributed by atoms with Gasteiger partial charge < -0.3 is 5.32 Å². The first-order valence-electron chi connectivity index (χ1n) is 10.5. The van der Waals surface area contributed by atoms with Gasteiger partial charge >= 0.3 is 0 Å². The molecule has 1 saturated heterocycles. The standard InChI is InChI=1S/C23H22ClN3O3S/c24-15-6-11-21-19(14-15)22(18-4-3-5-20(18)26-21)23(28)25-16-7-9-17(10-8-16)31(29,30)27-12-1-2-13-27/h6-11,14H,1-5,12-13H2,(H,25,28). The highest BCUT2D eigenvalue weighted by molar-refractivity contribution is 7.89. The van der Waals surface area contributed by atoms with Gasteiger partial charge in [0, 0.05) is 34.9 Å². The third-order valence-corrected chi connectivity index (χ3v) is 8.16. The van der Waals surface area contributed by atoms with Gasteiger partial charge in [0.05, 0.1) is 16.0 Å². The summed E-state index contributed by atoms with van der Waals surface area (Å²) in [4.78, 5) is 18.2. The number of rotatable bonds is 4. The van der Waals surface area contributed by atoms with Crippen LogP contribution in [0.25, 0.3) is 10.9 Å². The predicted molar refractivity (Wildman–Crippen MR) is 121 cm³/mol. The fourth-order valence-corrected chi connectivity index (χ4v) is 6.16. The molecule has 1 fully saturated rings. The van der Waals surface area contributed by atoms with Crippen molar-refractivity contribution in [3.8, 4) is 0 Å². The van der Waals surface area contributed by atoms with E-state index in [9.17, 15) is 13.2 Å². The van der Waals surface area contributed by atoms with Crippen molar-refractivity contribution >= 4 is 44.1 Å². The van der Waals surface area contributed by atoms with E-state index in [0.29, 0.717) is 29.4 Å². The number of pyridine rings is 1. The lowest BCUT2D eigenvalue weighted by atomic mass is 10.0. The van der Waals surface area contributed by atoms with Crippen LogP contribution in [-0.4, -0.2) is 36.7 Å². The quantitative estimate of drug-likeness (QED) is 0.631. The Morgan fingerprint density at radius 2 is 1.74 bits per heavy atom. The summed E-state index contributed by atoms with van der Waals surface area (Å²) in [5.41, 5.74) is 3.84. The minimum Gasteiger partial charge on any atom is -0.322 e. The number of nitrogens with zero attached hydrogens (tertiary/aromatic N) is 2. The maximum absolute atomic E-state index is 13.3. The second kappa shape index (κ2) is 7.89. The summed E-state index contributed by atoms with van der Waals surface area (Å²) in [6.45, 7) is 1.12. The molecule has 8 heteroatoms. The molecular formula is C23H22ClN3O3S. The second-order valence-electron chi connectivity index (χ2n) is 8.02. The van der Waals surface area contributed by atoms with Gasteiger partial charge in [-0.3, -0.25) is 9.78 Å². The van der Waals surface area contributed by atoms with E-state index >= 15 is 0 Å². The van der Waals surface area contributed by atoms with Crippen LogP contribution in [0.3, 0.4) is 0 Å². The van der Waals surface area contributed by atoms with E-state index in [2.05, 4.69) is 5.32 Å². The Balaban J connectivity index is 1.46. The van der Waals surface area contributed by atoms with Gasteiger partial charge in [0.1, 0.15) is 0 Å². The van der Waals surface area contributed by atoms with Crippen LogP contribution in [0.2, 0.25) is 5.02 Å². The van der Waals surface area contributed by atoms with Gasteiger partial charge in [-0.2, -0.15) is 4.31 Å². The van der Waals surface area contributed by atoms with Crippen molar-refractivity contribution in [3.05, 3.63) is 64.3 Å². The molecule has 1 N–H and O–H groups in total. The van der Waals surface area contributed by atoms with Crippen LogP contribution in [0.1, 0.15) is 40.9 Å². The van der Waals surface area contributed by atoms with Crippen LogP contribution in [0.5, 0.6) is 0 Å². The highest BCUT2D eigenvalue weighted by Crippen LogP contribution is 2.32. The predicted octanol–water partition coefficient (Wildman–Crippen LogP) is 4.41. The van der Waals surface area contributed by atoms with Crippen molar-refractivity contribution in [1.29, 1.82) is 0 Å². The van der Waals surface area contributed by atoms with E-state index in [0.717, 1.165) is 54.3 Å². The molecule has 0 saturated carbocycles. The lowest BCUT2D eigenvalue weighted by Gasteiger charge is -2.16. The summed E-state index contributed by atoms with van der Waals surface area (Å²) in [7, 11) is -3.48. The Morgan fingerprint density at radius 1 is 1.00 bits per heavy atom. The molecule has 0 radical (unpaired) electrons. The van der Waals surface area contributed by atoms with Crippen LogP contribution in [0.4, 0.5) is 5.69 Å². The topological polar surface area (TPSA) is 79.4 Å². The highest BCUT2D eigenvalue weighted by Gasteiger charge is 2.27. The molecule has 1 aliphatic carbocycles. The number of nitrogens with one attached hydrogen (secondary N) is 1. The van der Waals surface area contributed by atoms with Crippen molar-refractivity contribution < 1.29 is 13.2 Å². The molecule has 0 atom stereocenters. The van der Waals surface area contributed by atoms with Crippen molar-refractivity contribution in [2.75, 3.05) is 18.4 Å². The monoisotopic (exact) mass is 455 g/mol. The van der Waals surface area contributed by atoms with Gasteiger partial charge in [-0.15, -0.1) is 0 Å². The average molecular weight is 456 g/mol. The van der Waals surface area contributed by atoms with Gasteiger partial charge in [0.2, 0.25) is 10.0 Å². The third kappa shape index (κ3) is 3.71. The number of aromatic nitrogens is 1. The fraction of sp³-hybridized carbons (Fsp3) is 0.304. The molecule has 160 valence electrons. The maximum Gasteiger partial charge on any atom is 0.256 e. The molecule has 1 amide bonds. The molecule has 2 aliphatic rings. The van der Waals surface area contributed by atoms with Crippen LogP contribution in [0.15, 0.2) is 47.4 Å². The lowest BCUT2D eigenvalue weighted by molar-refractivity contribution is 0.102. The number of benzene rings is 2. The summed E-state index contributed by atoms with van der Waals surface area (Å²) < 4.78 is 26.9. The van der Waals surface area contributed by atoms with Crippen molar-refractivity contribution in [2.45, 2.75) is 37.0 Å². The number of hydrogen-bond donors (Lipinski definition) is 1. The third-order valence-electron chi connectivity index (χ3n) is 6.02. The molecule has 2 heterocycles. The first-order valence-corrected chi connectivity index (χ1v) is 12.3. The highest BCUT2D eigenvalue weighted by atomic mass is 35.5. The molecule has 6 nitrogen and oxygen atoms in total. The Bertz CT molecular complexity index is 1280. The number of hydrogen-bond acceptors (Lipinski definition) is 4. The van der Waals surface area contributed by atoms with E-state index in [1.54, 1.807) is 36.4 Å². The zero-order chi connectivity index (χ0) is 21.6. The Morgan fingerprint density at radius 3 is 2.48 bits per heavy atom. The average Bonchev–Trinajstić information content (AvgIpc) is 3.44. The number of fused-ring (bicyclic) bond motifs is 2. The number of carbonyl (C=O) groups is 1. The maximum atomic E-state index is 13.3. The van der Waals surface area contributed by atoms with Crippen LogP contribution < -0.4 is 5.32 Å². The largest absolute Gasteiger partial charge is 0.322 e. The van der Waals surface area contributed by atoms with E-state index < -0.39 is 10.0 Å². The Labute approximate surface area is 186 Å². The first-order chi connectivity index (χ1) is 14.9. The summed E-state index contributed by atoms with van der Waals surface area (Å²) in [6.07, 6.45) is 4.41. The summed E-state index contributed by atoms with van der Waals surface area (Å²) in [5, 5.41) is 4.22. The minimum atomic E-state index is -3.48. The van der Waals surface area contributed by atoms with Crippen LogP contribution >= 0.6 is 11.6 Å². The SMILES string of the molecule is O=C(Nc1ccc(S(=O)(=O)N2CCCC2)cc1)c1c2c(nc3ccc(Cl)cc13)CCC2. The zero-order valence-corrected chi connectivity index (χ0v) is 18.5.